The molecule has 0 radical (unpaired) electrons. The van der Waals surface area contributed by atoms with Crippen molar-refractivity contribution in [1.82, 2.24) is 4.90 Å². The number of amides is 1. The largest absolute Gasteiger partial charge is 0.480 e. The fourth-order valence-electron chi connectivity index (χ4n) is 3.58. The molecule has 1 fully saturated rings. The number of benzene rings is 1. The summed E-state index contributed by atoms with van der Waals surface area (Å²) < 4.78 is 0. The average Bonchev–Trinajstić information content (AvgIpc) is 2.62. The summed E-state index contributed by atoms with van der Waals surface area (Å²) in [6.45, 7) is 1.24. The molecular formula is C15H18N2O3. The van der Waals surface area contributed by atoms with Crippen LogP contribution in [0.4, 0.5) is 5.69 Å². The molecule has 20 heavy (non-hydrogen) atoms. The van der Waals surface area contributed by atoms with Crippen molar-refractivity contribution >= 4 is 17.6 Å². The third-order valence-corrected chi connectivity index (χ3v) is 4.43. The Labute approximate surface area is 117 Å². The van der Waals surface area contributed by atoms with Crippen LogP contribution in [0.1, 0.15) is 18.4 Å². The molecule has 1 spiro atoms. The summed E-state index contributed by atoms with van der Waals surface area (Å²) in [6, 6.07) is 7.84. The van der Waals surface area contributed by atoms with Crippen molar-refractivity contribution in [3.63, 3.8) is 0 Å². The first-order chi connectivity index (χ1) is 9.54. The molecule has 0 aromatic heterocycles. The second-order valence-electron chi connectivity index (χ2n) is 5.67. The topological polar surface area (TPSA) is 60.9 Å². The van der Waals surface area contributed by atoms with Gasteiger partial charge in [-0.2, -0.15) is 0 Å². The van der Waals surface area contributed by atoms with E-state index in [0.717, 1.165) is 30.6 Å². The molecule has 106 valence electrons. The van der Waals surface area contributed by atoms with Crippen LogP contribution in [0.3, 0.4) is 0 Å². The van der Waals surface area contributed by atoms with Gasteiger partial charge in [0.1, 0.15) is 0 Å². The molecule has 1 amide bonds. The lowest BCUT2D eigenvalue weighted by Crippen LogP contribution is -2.52. The lowest BCUT2D eigenvalue weighted by atomic mass is 9.75. The van der Waals surface area contributed by atoms with E-state index in [-0.39, 0.29) is 12.5 Å². The summed E-state index contributed by atoms with van der Waals surface area (Å²) in [5.41, 5.74) is 1.44. The highest BCUT2D eigenvalue weighted by Gasteiger charge is 2.51. The minimum Gasteiger partial charge on any atom is -0.480 e. The van der Waals surface area contributed by atoms with Crippen molar-refractivity contribution in [3.05, 3.63) is 29.8 Å². The van der Waals surface area contributed by atoms with Gasteiger partial charge in [0.25, 0.3) is 0 Å². The number of nitrogens with zero attached hydrogens (tertiary/aromatic N) is 2. The van der Waals surface area contributed by atoms with E-state index in [1.54, 1.807) is 11.9 Å². The summed E-state index contributed by atoms with van der Waals surface area (Å²) in [5, 5.41) is 8.97. The maximum Gasteiger partial charge on any atom is 0.317 e. The van der Waals surface area contributed by atoms with Gasteiger partial charge in [-0.15, -0.1) is 0 Å². The van der Waals surface area contributed by atoms with Crippen LogP contribution >= 0.6 is 0 Å². The highest BCUT2D eigenvalue weighted by atomic mass is 16.4. The molecule has 5 nitrogen and oxygen atoms in total. The smallest absolute Gasteiger partial charge is 0.317 e. The van der Waals surface area contributed by atoms with Gasteiger partial charge in [-0.05, 0) is 31.0 Å². The molecule has 1 atom stereocenters. The van der Waals surface area contributed by atoms with Gasteiger partial charge in [-0.3, -0.25) is 14.5 Å². The molecule has 0 saturated carbocycles. The van der Waals surface area contributed by atoms with E-state index in [2.05, 4.69) is 0 Å². The van der Waals surface area contributed by atoms with Gasteiger partial charge in [0, 0.05) is 19.3 Å². The molecule has 0 bridgehead atoms. The first-order valence-corrected chi connectivity index (χ1v) is 6.86. The molecule has 1 unspecified atom stereocenters. The van der Waals surface area contributed by atoms with Crippen LogP contribution in [0.15, 0.2) is 24.3 Å². The number of para-hydroxylation sites is 1. The van der Waals surface area contributed by atoms with Crippen molar-refractivity contribution < 1.29 is 14.7 Å². The van der Waals surface area contributed by atoms with Gasteiger partial charge in [-0.25, -0.2) is 0 Å². The summed E-state index contributed by atoms with van der Waals surface area (Å²) in [5.74, 6) is -0.747. The van der Waals surface area contributed by atoms with E-state index in [1.807, 2.05) is 29.2 Å². The maximum atomic E-state index is 12.7. The Morgan fingerprint density at radius 2 is 2.15 bits per heavy atom. The second-order valence-corrected chi connectivity index (χ2v) is 5.67. The fraction of sp³-hybridized carbons (Fsp3) is 0.467. The van der Waals surface area contributed by atoms with Crippen LogP contribution in [-0.4, -0.2) is 48.6 Å². The zero-order valence-corrected chi connectivity index (χ0v) is 11.5. The number of aliphatic carboxylic acids is 1. The molecule has 1 N–H and O–H groups in total. The average molecular weight is 274 g/mol. The fourth-order valence-corrected chi connectivity index (χ4v) is 3.58. The quantitative estimate of drug-likeness (QED) is 0.876. The van der Waals surface area contributed by atoms with E-state index in [0.29, 0.717) is 6.54 Å². The number of carbonyl (C=O) groups is 2. The van der Waals surface area contributed by atoms with E-state index >= 15 is 0 Å². The predicted octanol–water partition coefficient (Wildman–Crippen LogP) is 1.08. The lowest BCUT2D eigenvalue weighted by molar-refractivity contribution is -0.139. The number of carboxylic acid groups (broad SMARTS) is 1. The number of likely N-dealkylation sites (N-methyl/N-ethyl adjacent to an activating group) is 1. The Morgan fingerprint density at radius 1 is 1.40 bits per heavy atom. The van der Waals surface area contributed by atoms with Gasteiger partial charge in [-0.1, -0.05) is 18.2 Å². The number of anilines is 1. The Bertz CT molecular complexity index is 572. The number of hydrogen-bond donors (Lipinski definition) is 1. The predicted molar refractivity (Wildman–Crippen MR) is 74.8 cm³/mol. The van der Waals surface area contributed by atoms with Crippen LogP contribution in [0.25, 0.3) is 0 Å². The van der Waals surface area contributed by atoms with Crippen LogP contribution < -0.4 is 4.90 Å². The van der Waals surface area contributed by atoms with Crippen molar-refractivity contribution in [1.29, 1.82) is 0 Å². The van der Waals surface area contributed by atoms with E-state index in [4.69, 9.17) is 5.11 Å². The first kappa shape index (κ1) is 13.1. The lowest BCUT2D eigenvalue weighted by Gasteiger charge is -2.38. The number of carbonyl (C=O) groups excluding carboxylic acids is 1. The van der Waals surface area contributed by atoms with E-state index < -0.39 is 11.4 Å². The van der Waals surface area contributed by atoms with Crippen LogP contribution in [-0.2, 0) is 15.0 Å². The molecule has 2 aliphatic rings. The standard InChI is InChI=1S/C15H18N2O3/c1-16-12-6-3-2-5-11(12)15(14(16)20)7-4-8-17(10-15)9-13(18)19/h2-3,5-6H,4,7-10H2,1H3,(H,18,19). The van der Waals surface area contributed by atoms with Gasteiger partial charge in [0.05, 0.1) is 12.0 Å². The Kier molecular flexibility index (Phi) is 3.01. The second kappa shape index (κ2) is 4.59. The third kappa shape index (κ3) is 1.81. The number of hydrogen-bond acceptors (Lipinski definition) is 3. The summed E-state index contributed by atoms with van der Waals surface area (Å²) in [7, 11) is 1.80. The summed E-state index contributed by atoms with van der Waals surface area (Å²) in [4.78, 5) is 27.2. The van der Waals surface area contributed by atoms with Gasteiger partial charge >= 0.3 is 5.97 Å². The van der Waals surface area contributed by atoms with Gasteiger partial charge in [0.15, 0.2) is 0 Å². The van der Waals surface area contributed by atoms with E-state index in [9.17, 15) is 9.59 Å². The zero-order chi connectivity index (χ0) is 14.3. The third-order valence-electron chi connectivity index (χ3n) is 4.43. The van der Waals surface area contributed by atoms with Crippen molar-refractivity contribution in [2.45, 2.75) is 18.3 Å². The van der Waals surface area contributed by atoms with Crippen molar-refractivity contribution in [2.75, 3.05) is 31.6 Å². The molecule has 2 aliphatic heterocycles. The number of carboxylic acids is 1. The van der Waals surface area contributed by atoms with E-state index in [1.165, 1.54) is 0 Å². The number of likely N-dealkylation sites (tertiary alicyclic amines) is 1. The van der Waals surface area contributed by atoms with Crippen molar-refractivity contribution in [3.8, 4) is 0 Å². The summed E-state index contributed by atoms with van der Waals surface area (Å²) >= 11 is 0. The Hall–Kier alpha value is -1.88. The molecule has 2 heterocycles. The molecule has 1 saturated heterocycles. The molecular weight excluding hydrogens is 256 g/mol. The normalized spacial score (nSPS) is 26.1. The monoisotopic (exact) mass is 274 g/mol. The van der Waals surface area contributed by atoms with Crippen LogP contribution in [0.5, 0.6) is 0 Å². The zero-order valence-electron chi connectivity index (χ0n) is 11.5. The van der Waals surface area contributed by atoms with Crippen LogP contribution in [0.2, 0.25) is 0 Å². The highest BCUT2D eigenvalue weighted by Crippen LogP contribution is 2.45. The summed E-state index contributed by atoms with van der Waals surface area (Å²) in [6.07, 6.45) is 1.64. The number of rotatable bonds is 2. The first-order valence-electron chi connectivity index (χ1n) is 6.86. The van der Waals surface area contributed by atoms with Gasteiger partial charge < -0.3 is 10.0 Å². The van der Waals surface area contributed by atoms with Gasteiger partial charge in [0.2, 0.25) is 5.91 Å². The molecule has 5 heteroatoms. The SMILES string of the molecule is CN1C(=O)C2(CCCN(CC(=O)O)C2)c2ccccc21. The van der Waals surface area contributed by atoms with Crippen molar-refractivity contribution in [2.24, 2.45) is 0 Å². The Balaban J connectivity index is 1.99. The Morgan fingerprint density at radius 3 is 2.90 bits per heavy atom. The molecule has 1 aromatic rings. The maximum absolute atomic E-state index is 12.7. The molecule has 3 rings (SSSR count). The minimum atomic E-state index is -0.839. The molecule has 0 aliphatic carbocycles. The number of fused-ring (bicyclic) bond motifs is 2. The number of piperidine rings is 1. The molecule has 1 aromatic carbocycles. The van der Waals surface area contributed by atoms with Crippen LogP contribution in [0, 0.1) is 0 Å². The highest BCUT2D eigenvalue weighted by molar-refractivity contribution is 6.08. The minimum absolute atomic E-state index is 0.000904.